The van der Waals surface area contributed by atoms with Crippen molar-refractivity contribution in [2.24, 2.45) is 5.14 Å². The van der Waals surface area contributed by atoms with E-state index in [1.165, 1.54) is 37.2 Å². The summed E-state index contributed by atoms with van der Waals surface area (Å²) in [7, 11) is -1.26. The number of amides is 1. The van der Waals surface area contributed by atoms with Gasteiger partial charge >= 0.3 is 11.7 Å². The number of halogens is 2. The molecule has 8 nitrogen and oxygen atoms in total. The Hall–Kier alpha value is -2.95. The van der Waals surface area contributed by atoms with Crippen LogP contribution in [0.3, 0.4) is 0 Å². The average molecular weight is 469 g/mol. The highest BCUT2D eigenvalue weighted by Gasteiger charge is 2.19. The van der Waals surface area contributed by atoms with Gasteiger partial charge in [0.1, 0.15) is 16.3 Å². The van der Waals surface area contributed by atoms with Crippen molar-refractivity contribution in [3.8, 4) is 5.75 Å². The number of primary sulfonamides is 1. The maximum absolute atomic E-state index is 13.8. The SMILES string of the molecule is Cc1c(Cc2ccc(F)c(S(N)(=O)=O)c2)c(=O)oc2cc(OC(=O)N(C)C)c(Cl)cc12. The second-order valence-corrected chi connectivity index (χ2v) is 8.96. The third kappa shape index (κ3) is 4.71. The van der Waals surface area contributed by atoms with Crippen LogP contribution in [0.1, 0.15) is 16.7 Å². The second kappa shape index (κ2) is 8.29. The molecule has 164 valence electrons. The van der Waals surface area contributed by atoms with Gasteiger partial charge in [0.05, 0.1) is 5.02 Å². The smallest absolute Gasteiger partial charge is 0.414 e. The Morgan fingerprint density at radius 1 is 1.26 bits per heavy atom. The van der Waals surface area contributed by atoms with Gasteiger partial charge in [0, 0.05) is 37.5 Å². The molecule has 2 aromatic carbocycles. The van der Waals surface area contributed by atoms with Crippen LogP contribution >= 0.6 is 11.6 Å². The zero-order valence-corrected chi connectivity index (χ0v) is 18.3. The first-order valence-electron chi connectivity index (χ1n) is 8.84. The lowest BCUT2D eigenvalue weighted by Gasteiger charge is -2.13. The first kappa shape index (κ1) is 22.7. The van der Waals surface area contributed by atoms with Crippen molar-refractivity contribution in [1.82, 2.24) is 4.90 Å². The molecular weight excluding hydrogens is 451 g/mol. The summed E-state index contributed by atoms with van der Waals surface area (Å²) >= 11 is 6.23. The number of fused-ring (bicyclic) bond motifs is 1. The molecular formula is C20H18ClFN2O6S. The number of hydrogen-bond donors (Lipinski definition) is 1. The zero-order valence-electron chi connectivity index (χ0n) is 16.7. The van der Waals surface area contributed by atoms with Gasteiger partial charge in [0.15, 0.2) is 5.75 Å². The molecule has 1 heterocycles. The van der Waals surface area contributed by atoms with Gasteiger partial charge in [-0.25, -0.2) is 27.5 Å². The molecule has 0 aliphatic heterocycles. The first-order chi connectivity index (χ1) is 14.4. The molecule has 3 aromatic rings. The van der Waals surface area contributed by atoms with Crippen molar-refractivity contribution >= 4 is 38.7 Å². The van der Waals surface area contributed by atoms with Gasteiger partial charge in [-0.2, -0.15) is 0 Å². The topological polar surface area (TPSA) is 120 Å². The minimum Gasteiger partial charge on any atom is -0.422 e. The Morgan fingerprint density at radius 3 is 2.55 bits per heavy atom. The van der Waals surface area contributed by atoms with Gasteiger partial charge in [0.2, 0.25) is 10.0 Å². The maximum Gasteiger partial charge on any atom is 0.414 e. The van der Waals surface area contributed by atoms with Crippen LogP contribution in [0, 0.1) is 12.7 Å². The minimum atomic E-state index is -4.27. The number of benzene rings is 2. The lowest BCUT2D eigenvalue weighted by molar-refractivity contribution is 0.172. The number of rotatable bonds is 4. The summed E-state index contributed by atoms with van der Waals surface area (Å²) < 4.78 is 47.5. The number of ether oxygens (including phenoxy) is 1. The molecule has 0 aliphatic carbocycles. The molecule has 31 heavy (non-hydrogen) atoms. The largest absolute Gasteiger partial charge is 0.422 e. The van der Waals surface area contributed by atoms with E-state index in [4.69, 9.17) is 25.9 Å². The van der Waals surface area contributed by atoms with Crippen molar-refractivity contribution in [3.05, 3.63) is 68.3 Å². The minimum absolute atomic E-state index is 0.0259. The molecule has 0 fully saturated rings. The summed E-state index contributed by atoms with van der Waals surface area (Å²) in [5.41, 5.74) is 0.580. The van der Waals surface area contributed by atoms with Crippen LogP contribution in [0.4, 0.5) is 9.18 Å². The summed E-state index contributed by atoms with van der Waals surface area (Å²) in [4.78, 5) is 24.9. The fraction of sp³-hybridized carbons (Fsp3) is 0.200. The number of sulfonamides is 1. The van der Waals surface area contributed by atoms with Crippen molar-refractivity contribution in [2.45, 2.75) is 18.2 Å². The van der Waals surface area contributed by atoms with Crippen molar-refractivity contribution in [1.29, 1.82) is 0 Å². The summed E-state index contributed by atoms with van der Waals surface area (Å²) in [6.07, 6.45) is -0.680. The molecule has 0 aliphatic rings. The lowest BCUT2D eigenvalue weighted by atomic mass is 9.99. The van der Waals surface area contributed by atoms with Crippen molar-refractivity contribution < 1.29 is 26.8 Å². The normalized spacial score (nSPS) is 11.5. The molecule has 1 amide bonds. The van der Waals surface area contributed by atoms with E-state index < -0.39 is 32.5 Å². The standard InChI is InChI=1S/C20H18ClFN2O6S/c1-10-12-8-14(21)17(30-20(26)24(2)3)9-16(12)29-19(25)13(10)6-11-4-5-15(22)18(7-11)31(23,27)28/h4-5,7-9H,6H2,1-3H3,(H2,23,27,28). The van der Waals surface area contributed by atoms with E-state index >= 15 is 0 Å². The number of carbonyl (C=O) groups is 1. The number of nitrogens with two attached hydrogens (primary N) is 1. The van der Waals surface area contributed by atoms with E-state index in [1.54, 1.807) is 6.92 Å². The highest BCUT2D eigenvalue weighted by atomic mass is 35.5. The fourth-order valence-electron chi connectivity index (χ4n) is 2.94. The summed E-state index contributed by atoms with van der Waals surface area (Å²) in [6, 6.07) is 6.23. The predicted molar refractivity (Wildman–Crippen MR) is 113 cm³/mol. The Bertz CT molecular complexity index is 1370. The van der Waals surface area contributed by atoms with Gasteiger partial charge in [0.25, 0.3) is 0 Å². The van der Waals surface area contributed by atoms with E-state index in [0.29, 0.717) is 16.5 Å². The van der Waals surface area contributed by atoms with Crippen LogP contribution < -0.4 is 15.5 Å². The van der Waals surface area contributed by atoms with E-state index in [2.05, 4.69) is 0 Å². The monoisotopic (exact) mass is 468 g/mol. The molecule has 0 bridgehead atoms. The maximum atomic E-state index is 13.8. The molecule has 3 rings (SSSR count). The summed E-state index contributed by atoms with van der Waals surface area (Å²) in [6.45, 7) is 1.67. The predicted octanol–water partition coefficient (Wildman–Crippen LogP) is 3.19. The number of carbonyl (C=O) groups excluding carboxylic acids is 1. The zero-order chi connectivity index (χ0) is 23.1. The van der Waals surface area contributed by atoms with E-state index in [0.717, 1.165) is 12.1 Å². The van der Waals surface area contributed by atoms with E-state index in [9.17, 15) is 22.4 Å². The third-order valence-electron chi connectivity index (χ3n) is 4.59. The van der Waals surface area contributed by atoms with Gasteiger partial charge in [-0.15, -0.1) is 0 Å². The average Bonchev–Trinajstić information content (AvgIpc) is 2.66. The second-order valence-electron chi connectivity index (χ2n) is 7.02. The van der Waals surface area contributed by atoms with Crippen LogP contribution in [-0.4, -0.2) is 33.5 Å². The lowest BCUT2D eigenvalue weighted by Crippen LogP contribution is -2.25. The molecule has 1 aromatic heterocycles. The van der Waals surface area contributed by atoms with E-state index in [1.807, 2.05) is 0 Å². The van der Waals surface area contributed by atoms with Gasteiger partial charge in [-0.1, -0.05) is 17.7 Å². The molecule has 0 unspecified atom stereocenters. The van der Waals surface area contributed by atoms with Gasteiger partial charge in [-0.3, -0.25) is 0 Å². The molecule has 0 saturated heterocycles. The van der Waals surface area contributed by atoms with Gasteiger partial charge < -0.3 is 14.1 Å². The highest BCUT2D eigenvalue weighted by molar-refractivity contribution is 7.89. The van der Waals surface area contributed by atoms with Crippen LogP contribution in [0.15, 0.2) is 44.4 Å². The van der Waals surface area contributed by atoms with Crippen LogP contribution in [-0.2, 0) is 16.4 Å². The molecule has 0 atom stereocenters. The molecule has 0 radical (unpaired) electrons. The fourth-order valence-corrected chi connectivity index (χ4v) is 3.80. The summed E-state index contributed by atoms with van der Waals surface area (Å²) in [5, 5.41) is 5.66. The molecule has 0 spiro atoms. The number of hydrogen-bond acceptors (Lipinski definition) is 6. The molecule has 11 heteroatoms. The Balaban J connectivity index is 2.07. The quantitative estimate of drug-likeness (QED) is 0.587. The third-order valence-corrected chi connectivity index (χ3v) is 5.81. The molecule has 2 N–H and O–H groups in total. The summed E-state index contributed by atoms with van der Waals surface area (Å²) in [5.74, 6) is -0.959. The van der Waals surface area contributed by atoms with Gasteiger partial charge in [-0.05, 0) is 36.2 Å². The Morgan fingerprint density at radius 2 is 1.94 bits per heavy atom. The van der Waals surface area contributed by atoms with Crippen molar-refractivity contribution in [2.75, 3.05) is 14.1 Å². The number of nitrogens with zero attached hydrogens (tertiary/aromatic N) is 1. The number of aryl methyl sites for hydroxylation is 1. The highest BCUT2D eigenvalue weighted by Crippen LogP contribution is 2.32. The van der Waals surface area contributed by atoms with Crippen LogP contribution in [0.25, 0.3) is 11.0 Å². The van der Waals surface area contributed by atoms with Crippen LogP contribution in [0.2, 0.25) is 5.02 Å². The Labute approximate surface area is 182 Å². The van der Waals surface area contributed by atoms with E-state index in [-0.39, 0.29) is 28.3 Å². The molecule has 0 saturated carbocycles. The Kier molecular flexibility index (Phi) is 6.08. The van der Waals surface area contributed by atoms with Crippen molar-refractivity contribution in [3.63, 3.8) is 0 Å². The first-order valence-corrected chi connectivity index (χ1v) is 10.8. The van der Waals surface area contributed by atoms with Crippen LogP contribution in [0.5, 0.6) is 5.75 Å².